The van der Waals surface area contributed by atoms with E-state index in [1.165, 1.54) is 77.0 Å². The van der Waals surface area contributed by atoms with Gasteiger partial charge in [0.25, 0.3) is 0 Å². The fraction of sp³-hybridized carbons (Fsp3) is 0.0877. The molecule has 5 heteroatoms. The minimum absolute atomic E-state index is 0.113. The smallest absolute Gasteiger partial charge is 0.235 e. The molecule has 10 aromatic rings. The molecular weight excluding hydrogens is 755 g/mol. The molecule has 2 aromatic heterocycles. The van der Waals surface area contributed by atoms with Gasteiger partial charge in [0.2, 0.25) is 12.0 Å². The molecule has 0 bridgehead atoms. The summed E-state index contributed by atoms with van der Waals surface area (Å²) < 4.78 is 5.23. The van der Waals surface area contributed by atoms with E-state index in [2.05, 4.69) is 209 Å². The van der Waals surface area contributed by atoms with Crippen LogP contribution in [-0.4, -0.2) is 20.8 Å². The quantitative estimate of drug-likeness (QED) is 0.180. The van der Waals surface area contributed by atoms with Crippen LogP contribution < -0.4 is 5.32 Å². The van der Waals surface area contributed by atoms with Gasteiger partial charge in [0.1, 0.15) is 0 Å². The van der Waals surface area contributed by atoms with E-state index in [1.54, 1.807) is 0 Å². The monoisotopic (exact) mass is 796 g/mol. The number of allylic oxidation sites excluding steroid dienone is 1. The van der Waals surface area contributed by atoms with E-state index < -0.39 is 0 Å². The van der Waals surface area contributed by atoms with Crippen LogP contribution in [0.15, 0.2) is 198 Å². The molecule has 5 nitrogen and oxygen atoms in total. The fourth-order valence-corrected chi connectivity index (χ4v) is 10.7. The van der Waals surface area contributed by atoms with Gasteiger partial charge in [-0.25, -0.2) is 4.99 Å². The normalized spacial score (nSPS) is 16.9. The van der Waals surface area contributed by atoms with Crippen molar-refractivity contribution in [2.24, 2.45) is 9.98 Å². The zero-order chi connectivity index (χ0) is 40.7. The van der Waals surface area contributed by atoms with Crippen LogP contribution >= 0.6 is 0 Å². The number of aromatic nitrogens is 2. The highest BCUT2D eigenvalue weighted by Crippen LogP contribution is 2.46. The third-order valence-corrected chi connectivity index (χ3v) is 13.5. The minimum atomic E-state index is -0.277. The number of hydrogen-bond acceptors (Lipinski definition) is 2. The van der Waals surface area contributed by atoms with Crippen LogP contribution in [0.5, 0.6) is 0 Å². The van der Waals surface area contributed by atoms with Crippen LogP contribution in [0.2, 0.25) is 0 Å². The summed E-state index contributed by atoms with van der Waals surface area (Å²) in [6, 6.07) is 66.3. The summed E-state index contributed by atoms with van der Waals surface area (Å²) >= 11 is 0. The summed E-state index contributed by atoms with van der Waals surface area (Å²) in [5.41, 5.74) is 15.2. The van der Waals surface area contributed by atoms with Gasteiger partial charge in [-0.15, -0.1) is 0 Å². The van der Waals surface area contributed by atoms with E-state index >= 15 is 0 Å². The summed E-state index contributed by atoms with van der Waals surface area (Å²) in [4.78, 5) is 10.8. The van der Waals surface area contributed by atoms with E-state index in [0.717, 1.165) is 53.3 Å². The van der Waals surface area contributed by atoms with Crippen LogP contribution in [0.4, 0.5) is 0 Å². The van der Waals surface area contributed by atoms with Gasteiger partial charge in [-0.05, 0) is 94.0 Å². The summed E-state index contributed by atoms with van der Waals surface area (Å²) in [5, 5.41) is 9.76. The number of nitrogens with two attached hydrogens (primary N) is 1. The fourth-order valence-electron chi connectivity index (χ4n) is 10.7. The molecule has 8 aromatic carbocycles. The molecule has 2 aliphatic carbocycles. The van der Waals surface area contributed by atoms with Gasteiger partial charge in [0.15, 0.2) is 5.84 Å². The number of benzene rings is 8. The largest absolute Gasteiger partial charge is 0.333 e. The maximum atomic E-state index is 5.52. The topological polar surface area (TPSA) is 51.2 Å². The molecule has 2 atom stereocenters. The summed E-state index contributed by atoms with van der Waals surface area (Å²) in [7, 11) is 0. The Morgan fingerprint density at radius 2 is 1.29 bits per heavy atom. The van der Waals surface area contributed by atoms with Gasteiger partial charge in [-0.1, -0.05) is 146 Å². The van der Waals surface area contributed by atoms with Crippen molar-refractivity contribution in [3.05, 3.63) is 227 Å². The Kier molecular flexibility index (Phi) is 7.94. The number of aliphatic imine (C=N–C) groups is 2. The first-order valence-electron chi connectivity index (χ1n) is 21.8. The molecule has 62 heavy (non-hydrogen) atoms. The highest BCUT2D eigenvalue weighted by Gasteiger charge is 2.33. The first-order valence-corrected chi connectivity index (χ1v) is 21.8. The van der Waals surface area contributed by atoms with Gasteiger partial charge in [-0.3, -0.25) is 5.32 Å². The SMILES string of the molecule is C1=CC(n2c3c(c4ccccc42)CCc2ccccc2-3)Cc2c1c1cc3ccccc3cc1n2-c1ccccc1C1N=C(c2ccc3ccccc3c2)N=C(c2ccccc2)[NH2+]1. The second kappa shape index (κ2) is 14.0. The van der Waals surface area contributed by atoms with Crippen molar-refractivity contribution < 1.29 is 5.32 Å². The highest BCUT2D eigenvalue weighted by molar-refractivity contribution is 6.11. The molecule has 2 N–H and O–H groups in total. The second-order valence-corrected chi connectivity index (χ2v) is 17.0. The molecule has 2 unspecified atom stereocenters. The highest BCUT2D eigenvalue weighted by atomic mass is 15.2. The van der Waals surface area contributed by atoms with Crippen molar-refractivity contribution in [1.82, 2.24) is 9.13 Å². The lowest BCUT2D eigenvalue weighted by atomic mass is 9.88. The number of amidine groups is 2. The Labute approximate surface area is 359 Å². The second-order valence-electron chi connectivity index (χ2n) is 17.0. The van der Waals surface area contributed by atoms with Gasteiger partial charge in [0, 0.05) is 45.1 Å². The third kappa shape index (κ3) is 5.52. The summed E-state index contributed by atoms with van der Waals surface area (Å²) in [6.45, 7) is 0. The lowest BCUT2D eigenvalue weighted by molar-refractivity contribution is -0.586. The maximum Gasteiger partial charge on any atom is 0.235 e. The number of nitrogens with zero attached hydrogens (tertiary/aromatic N) is 4. The Balaban J connectivity index is 1.01. The van der Waals surface area contributed by atoms with Crippen LogP contribution in [-0.2, 0) is 19.3 Å². The van der Waals surface area contributed by atoms with E-state index in [1.807, 2.05) is 0 Å². The van der Waals surface area contributed by atoms with Crippen molar-refractivity contribution in [2.75, 3.05) is 0 Å². The molecule has 0 amide bonds. The molecular formula is C57H42N5+. The van der Waals surface area contributed by atoms with Crippen molar-refractivity contribution in [2.45, 2.75) is 31.5 Å². The molecule has 294 valence electrons. The Hall–Kier alpha value is -7.60. The van der Waals surface area contributed by atoms with E-state index in [4.69, 9.17) is 9.98 Å². The van der Waals surface area contributed by atoms with Crippen LogP contribution in [0, 0.1) is 0 Å². The van der Waals surface area contributed by atoms with E-state index in [9.17, 15) is 0 Å². The van der Waals surface area contributed by atoms with Gasteiger partial charge in [0.05, 0.1) is 34.1 Å². The van der Waals surface area contributed by atoms with Gasteiger partial charge in [-0.2, -0.15) is 4.99 Å². The standard InChI is InChI=1S/C57H41N5/c1-2-16-38(17-3-1)55-58-56(42-27-26-36-14-4-5-18-39(36)32-42)60-57(59-55)48-23-11-13-25-51(48)62-52-34-41-20-7-6-19-40(41)33-49(52)46-31-29-43(35-53(46)62)61-50-24-12-10-22-45(50)47-30-28-37-15-8-9-21-44(37)54(47)61/h1-27,29,31-34,43,57H,28,30,35H2,(H,58,59,60)/p+1. The van der Waals surface area contributed by atoms with Crippen molar-refractivity contribution in [1.29, 1.82) is 0 Å². The van der Waals surface area contributed by atoms with Gasteiger partial charge < -0.3 is 9.13 Å². The average Bonchev–Trinajstić information content (AvgIpc) is 3.85. The molecule has 1 aliphatic heterocycles. The predicted octanol–water partition coefficient (Wildman–Crippen LogP) is 11.9. The zero-order valence-corrected chi connectivity index (χ0v) is 34.1. The number of rotatable bonds is 5. The number of aryl methyl sites for hydroxylation is 2. The van der Waals surface area contributed by atoms with Crippen LogP contribution in [0.1, 0.15) is 51.3 Å². The molecule has 0 saturated heterocycles. The average molecular weight is 797 g/mol. The Morgan fingerprint density at radius 3 is 2.18 bits per heavy atom. The molecule has 0 radical (unpaired) electrons. The summed E-state index contributed by atoms with van der Waals surface area (Å²) in [6.07, 6.45) is 7.57. The lowest BCUT2D eigenvalue weighted by Crippen LogP contribution is -2.90. The summed E-state index contributed by atoms with van der Waals surface area (Å²) in [5.74, 6) is 1.68. The third-order valence-electron chi connectivity index (χ3n) is 13.5. The Bertz CT molecular complexity index is 3540. The first-order chi connectivity index (χ1) is 30.7. The van der Waals surface area contributed by atoms with Crippen LogP contribution in [0.25, 0.3) is 66.4 Å². The van der Waals surface area contributed by atoms with E-state index in [0.29, 0.717) is 0 Å². The lowest BCUT2D eigenvalue weighted by Gasteiger charge is -2.28. The van der Waals surface area contributed by atoms with Crippen LogP contribution in [0.3, 0.4) is 0 Å². The van der Waals surface area contributed by atoms with Gasteiger partial charge >= 0.3 is 0 Å². The maximum absolute atomic E-state index is 5.52. The van der Waals surface area contributed by atoms with Crippen molar-refractivity contribution in [3.8, 4) is 16.9 Å². The molecule has 13 rings (SSSR count). The number of para-hydroxylation sites is 2. The molecule has 3 aliphatic rings. The first kappa shape index (κ1) is 35.2. The predicted molar refractivity (Wildman–Crippen MR) is 255 cm³/mol. The Morgan fingerprint density at radius 1 is 0.565 bits per heavy atom. The molecule has 0 spiro atoms. The number of quaternary nitrogens is 1. The minimum Gasteiger partial charge on any atom is -0.333 e. The molecule has 0 saturated carbocycles. The zero-order valence-electron chi connectivity index (χ0n) is 34.1. The number of fused-ring (bicyclic) bond motifs is 10. The number of hydrogen-bond donors (Lipinski definition) is 1. The molecule has 0 fully saturated rings. The van der Waals surface area contributed by atoms with Crippen molar-refractivity contribution >= 4 is 61.1 Å². The van der Waals surface area contributed by atoms with Crippen molar-refractivity contribution in [3.63, 3.8) is 0 Å². The van der Waals surface area contributed by atoms with E-state index in [-0.39, 0.29) is 12.2 Å². The molecule has 3 heterocycles.